The van der Waals surface area contributed by atoms with Crippen molar-refractivity contribution in [3.63, 3.8) is 0 Å². The van der Waals surface area contributed by atoms with Gasteiger partial charge in [-0.05, 0) is 32.9 Å². The highest BCUT2D eigenvalue weighted by molar-refractivity contribution is 6.21. The third-order valence-electron chi connectivity index (χ3n) is 7.07. The number of carbonyl (C=O) groups is 3. The van der Waals surface area contributed by atoms with E-state index in [4.69, 9.17) is 61.6 Å². The summed E-state index contributed by atoms with van der Waals surface area (Å²) in [6.07, 6.45) is 0. The maximum Gasteiger partial charge on any atom is 0.332 e. The highest BCUT2D eigenvalue weighted by Crippen LogP contribution is 2.21. The number of rotatable bonds is 38. The number of nitrogens with zero attached hydrogens (tertiary/aromatic N) is 1. The Kier molecular flexibility index (Phi) is 28.6. The molecule has 1 aliphatic heterocycles. The van der Waals surface area contributed by atoms with E-state index < -0.39 is 11.6 Å². The lowest BCUT2D eigenvalue weighted by Gasteiger charge is -2.19. The van der Waals surface area contributed by atoms with Gasteiger partial charge in [-0.15, -0.1) is 0 Å². The Morgan fingerprint density at radius 3 is 0.964 bits per heavy atom. The lowest BCUT2D eigenvalue weighted by atomic mass is 10.1. The summed E-state index contributed by atoms with van der Waals surface area (Å²) >= 11 is 0. The molecule has 0 aliphatic carbocycles. The highest BCUT2D eigenvalue weighted by Gasteiger charge is 2.34. The van der Waals surface area contributed by atoms with Crippen molar-refractivity contribution in [3.05, 3.63) is 35.4 Å². The van der Waals surface area contributed by atoms with Gasteiger partial charge < -0.3 is 61.6 Å². The van der Waals surface area contributed by atoms with Gasteiger partial charge in [0.15, 0.2) is 0 Å². The summed E-state index contributed by atoms with van der Waals surface area (Å²) in [6, 6.07) is 6.81. The van der Waals surface area contributed by atoms with Crippen molar-refractivity contribution >= 4 is 17.8 Å². The van der Waals surface area contributed by atoms with E-state index in [0.29, 0.717) is 156 Å². The molecule has 17 nitrogen and oxygen atoms in total. The SMILES string of the molecule is CC(C)(C)OC(=O)COCCOCCOCCOCCOCCOCCOCCOCCOCCOCCOCCOCCN1C(=O)c2ccccc2C1=O. The van der Waals surface area contributed by atoms with Crippen LogP contribution in [0.4, 0.5) is 0 Å². The molecule has 0 aromatic heterocycles. The fourth-order valence-electron chi connectivity index (χ4n) is 4.54. The molecular formula is C38H63NO16. The number of esters is 1. The van der Waals surface area contributed by atoms with Gasteiger partial charge in [0.1, 0.15) is 12.2 Å². The Labute approximate surface area is 325 Å². The van der Waals surface area contributed by atoms with E-state index in [1.54, 1.807) is 24.3 Å². The number of ether oxygens (including phenoxy) is 13. The van der Waals surface area contributed by atoms with Gasteiger partial charge >= 0.3 is 5.97 Å². The second-order valence-electron chi connectivity index (χ2n) is 12.7. The maximum absolute atomic E-state index is 12.3. The van der Waals surface area contributed by atoms with Gasteiger partial charge in [-0.2, -0.15) is 0 Å². The van der Waals surface area contributed by atoms with Gasteiger partial charge in [0, 0.05) is 0 Å². The topological polar surface area (TPSA) is 174 Å². The molecule has 0 bridgehead atoms. The molecule has 0 radical (unpaired) electrons. The standard InChI is InChI=1S/C38H63NO16/c1-38(2,3)55-35(40)32-54-31-30-53-29-28-52-27-26-51-25-24-50-23-22-49-21-20-48-19-18-47-17-16-46-15-14-45-13-12-44-11-10-43-9-8-39-36(41)33-6-4-5-7-34(33)37(39)42/h4-7H,8-32H2,1-3H3. The van der Waals surface area contributed by atoms with E-state index in [2.05, 4.69) is 0 Å². The Bertz CT molecular complexity index is 1100. The van der Waals surface area contributed by atoms with Crippen molar-refractivity contribution in [2.24, 2.45) is 0 Å². The lowest BCUT2D eigenvalue weighted by molar-refractivity contribution is -0.160. The van der Waals surface area contributed by atoms with Crippen LogP contribution in [0.15, 0.2) is 24.3 Å². The quantitative estimate of drug-likeness (QED) is 0.0539. The number of carbonyl (C=O) groups excluding carboxylic acids is 3. The number of hydrogen-bond acceptors (Lipinski definition) is 16. The second-order valence-corrected chi connectivity index (χ2v) is 12.7. The Hall–Kier alpha value is -2.65. The first-order chi connectivity index (χ1) is 26.8. The van der Waals surface area contributed by atoms with Gasteiger partial charge in [-0.25, -0.2) is 4.79 Å². The van der Waals surface area contributed by atoms with Crippen LogP contribution in [0, 0.1) is 0 Å². The predicted molar refractivity (Wildman–Crippen MR) is 197 cm³/mol. The smallest absolute Gasteiger partial charge is 0.332 e. The molecule has 1 aliphatic rings. The lowest BCUT2D eigenvalue weighted by Crippen LogP contribution is -2.33. The zero-order chi connectivity index (χ0) is 39.7. The van der Waals surface area contributed by atoms with Crippen LogP contribution >= 0.6 is 0 Å². The molecule has 17 heteroatoms. The number of amides is 2. The van der Waals surface area contributed by atoms with Crippen LogP contribution in [-0.4, -0.2) is 193 Å². The summed E-state index contributed by atoms with van der Waals surface area (Å²) in [5.74, 6) is -0.958. The zero-order valence-electron chi connectivity index (χ0n) is 33.0. The van der Waals surface area contributed by atoms with E-state index in [0.717, 1.165) is 0 Å². The van der Waals surface area contributed by atoms with Crippen LogP contribution in [0.25, 0.3) is 0 Å². The monoisotopic (exact) mass is 789 g/mol. The first-order valence-corrected chi connectivity index (χ1v) is 18.9. The predicted octanol–water partition coefficient (Wildman–Crippen LogP) is 1.82. The molecular weight excluding hydrogens is 726 g/mol. The Morgan fingerprint density at radius 1 is 0.436 bits per heavy atom. The van der Waals surface area contributed by atoms with E-state index >= 15 is 0 Å². The van der Waals surface area contributed by atoms with Gasteiger partial charge in [-0.1, -0.05) is 12.1 Å². The third kappa shape index (κ3) is 26.0. The summed E-state index contributed by atoms with van der Waals surface area (Å²) in [4.78, 5) is 37.4. The largest absolute Gasteiger partial charge is 0.458 e. The Morgan fingerprint density at radius 2 is 0.691 bits per heavy atom. The van der Waals surface area contributed by atoms with E-state index in [1.807, 2.05) is 20.8 Å². The molecule has 2 rings (SSSR count). The number of hydrogen-bond donors (Lipinski definition) is 0. The molecule has 2 amide bonds. The summed E-state index contributed by atoms with van der Waals surface area (Å²) in [5, 5.41) is 0. The van der Waals surface area contributed by atoms with Crippen molar-refractivity contribution in [1.82, 2.24) is 4.90 Å². The van der Waals surface area contributed by atoms with Crippen molar-refractivity contribution in [2.45, 2.75) is 26.4 Å². The van der Waals surface area contributed by atoms with Crippen LogP contribution in [0.2, 0.25) is 0 Å². The zero-order valence-corrected chi connectivity index (χ0v) is 33.0. The minimum absolute atomic E-state index is 0.0908. The van der Waals surface area contributed by atoms with Crippen molar-refractivity contribution in [3.8, 4) is 0 Å². The summed E-state index contributed by atoms with van der Waals surface area (Å²) < 4.78 is 70.5. The molecule has 55 heavy (non-hydrogen) atoms. The minimum Gasteiger partial charge on any atom is -0.458 e. The first-order valence-electron chi connectivity index (χ1n) is 18.9. The average molecular weight is 790 g/mol. The number of benzene rings is 1. The number of fused-ring (bicyclic) bond motifs is 1. The average Bonchev–Trinajstić information content (AvgIpc) is 3.40. The summed E-state index contributed by atoms with van der Waals surface area (Å²) in [6.45, 7) is 15.5. The van der Waals surface area contributed by atoms with E-state index in [-0.39, 0.29) is 31.6 Å². The molecule has 1 aromatic rings. The molecule has 0 N–H and O–H groups in total. The molecule has 0 saturated carbocycles. The van der Waals surface area contributed by atoms with Crippen LogP contribution in [0.5, 0.6) is 0 Å². The van der Waals surface area contributed by atoms with Gasteiger partial charge in [0.05, 0.1) is 170 Å². The van der Waals surface area contributed by atoms with Gasteiger partial charge in [0.2, 0.25) is 0 Å². The second kappa shape index (κ2) is 32.4. The molecule has 0 spiro atoms. The third-order valence-corrected chi connectivity index (χ3v) is 7.07. The van der Waals surface area contributed by atoms with Crippen LogP contribution in [0.1, 0.15) is 41.5 Å². The molecule has 0 fully saturated rings. The fraction of sp³-hybridized carbons (Fsp3) is 0.763. The molecule has 316 valence electrons. The minimum atomic E-state index is -0.519. The van der Waals surface area contributed by atoms with Crippen LogP contribution < -0.4 is 0 Å². The Balaban J connectivity index is 1.16. The normalized spacial score (nSPS) is 12.9. The van der Waals surface area contributed by atoms with Crippen molar-refractivity contribution in [1.29, 1.82) is 0 Å². The molecule has 1 heterocycles. The van der Waals surface area contributed by atoms with Crippen molar-refractivity contribution in [2.75, 3.05) is 165 Å². The van der Waals surface area contributed by atoms with E-state index in [1.165, 1.54) is 4.90 Å². The fourth-order valence-corrected chi connectivity index (χ4v) is 4.54. The van der Waals surface area contributed by atoms with Crippen molar-refractivity contribution < 1.29 is 76.0 Å². The van der Waals surface area contributed by atoms with Crippen LogP contribution in [-0.2, 0) is 66.4 Å². The van der Waals surface area contributed by atoms with Gasteiger partial charge in [0.25, 0.3) is 11.8 Å². The number of imide groups is 1. The molecule has 0 saturated heterocycles. The van der Waals surface area contributed by atoms with E-state index in [9.17, 15) is 14.4 Å². The summed E-state index contributed by atoms with van der Waals surface area (Å²) in [5.41, 5.74) is 0.356. The maximum atomic E-state index is 12.3. The molecule has 0 atom stereocenters. The first kappa shape index (κ1) is 48.5. The van der Waals surface area contributed by atoms with Crippen LogP contribution in [0.3, 0.4) is 0 Å². The van der Waals surface area contributed by atoms with Gasteiger partial charge in [-0.3, -0.25) is 14.5 Å². The molecule has 1 aromatic carbocycles. The summed E-state index contributed by atoms with van der Waals surface area (Å²) in [7, 11) is 0. The highest BCUT2D eigenvalue weighted by atomic mass is 16.6. The molecule has 0 unspecified atom stereocenters.